The average Bonchev–Trinajstić information content (AvgIpc) is 1.05. The van der Waals surface area contributed by atoms with Crippen molar-refractivity contribution in [2.45, 2.75) is 421 Å². The van der Waals surface area contributed by atoms with Crippen molar-refractivity contribution in [2.24, 2.45) is 0 Å². The number of unbranched alkanes of at least 4 members (excludes halogenated alkanes) is 46. The van der Waals surface area contributed by atoms with E-state index in [1.807, 2.05) is 6.08 Å². The van der Waals surface area contributed by atoms with E-state index >= 15 is 0 Å². The summed E-state index contributed by atoms with van der Waals surface area (Å²) in [5, 5.41) is 87.5. The smallest absolute Gasteiger partial charge is 0.220 e. The van der Waals surface area contributed by atoms with Gasteiger partial charge in [-0.3, -0.25) is 4.79 Å². The largest absolute Gasteiger partial charge is 0.394 e. The summed E-state index contributed by atoms with van der Waals surface area (Å²) >= 11 is 0. The van der Waals surface area contributed by atoms with Crippen molar-refractivity contribution in [1.82, 2.24) is 5.32 Å². The van der Waals surface area contributed by atoms with Gasteiger partial charge in [-0.15, -0.1) is 0 Å². The number of nitrogens with one attached hydrogen (secondary N) is 1. The molecule has 0 aliphatic carbocycles. The summed E-state index contributed by atoms with van der Waals surface area (Å²) in [5.74, 6) is -0.233. The topological polar surface area (TPSA) is 228 Å². The Hall–Kier alpha value is -2.05. The molecule has 0 aromatic rings. The van der Waals surface area contributed by atoms with Gasteiger partial charge in [-0.25, -0.2) is 0 Å². The predicted octanol–water partition coefficient (Wildman–Crippen LogP) is 17.0. The molecule has 0 bridgehead atoms. The van der Waals surface area contributed by atoms with Gasteiger partial charge in [0.2, 0.25) is 5.91 Å². The van der Waals surface area contributed by atoms with Gasteiger partial charge in [0.1, 0.15) is 48.8 Å². The van der Waals surface area contributed by atoms with Crippen LogP contribution >= 0.6 is 0 Å². The maximum Gasteiger partial charge on any atom is 0.220 e. The molecule has 0 spiro atoms. The lowest BCUT2D eigenvalue weighted by Gasteiger charge is -2.46. The number of aliphatic hydroxyl groups is 8. The van der Waals surface area contributed by atoms with Crippen LogP contribution in [0.15, 0.2) is 48.6 Å². The van der Waals surface area contributed by atoms with Gasteiger partial charge in [0.05, 0.1) is 32.0 Å². The van der Waals surface area contributed by atoms with Crippen LogP contribution in [0.2, 0.25) is 0 Å². The van der Waals surface area contributed by atoms with Crippen LogP contribution in [0.25, 0.3) is 0 Å². The third kappa shape index (κ3) is 45.5. The van der Waals surface area contributed by atoms with Crippen LogP contribution in [0.1, 0.15) is 348 Å². The van der Waals surface area contributed by atoms with Crippen LogP contribution in [0, 0.1) is 0 Å². The Balaban J connectivity index is 1.57. The fourth-order valence-corrected chi connectivity index (χ4v) is 12.8. The van der Waals surface area contributed by atoms with E-state index in [4.69, 9.17) is 18.9 Å². The zero-order chi connectivity index (χ0) is 66.6. The number of hydrogen-bond donors (Lipinski definition) is 9. The Morgan fingerprint density at radius 2 is 0.717 bits per heavy atom. The maximum atomic E-state index is 13.4. The second-order valence-corrected chi connectivity index (χ2v) is 27.5. The molecular weight excluding hydrogens is 1160 g/mol. The average molecular weight is 1310 g/mol. The first-order valence-electron chi connectivity index (χ1n) is 38.9. The highest BCUT2D eigenvalue weighted by Gasteiger charge is 2.51. The Kier molecular flexibility index (Phi) is 58.4. The summed E-state index contributed by atoms with van der Waals surface area (Å²) in [6.45, 7) is 2.83. The molecule has 2 aliphatic heterocycles. The van der Waals surface area contributed by atoms with Crippen molar-refractivity contribution in [1.29, 1.82) is 0 Å². The van der Waals surface area contributed by atoms with Crippen molar-refractivity contribution < 1.29 is 64.6 Å². The first-order chi connectivity index (χ1) is 45.1. The van der Waals surface area contributed by atoms with E-state index in [9.17, 15) is 45.6 Å². The molecule has 0 radical (unpaired) electrons. The van der Waals surface area contributed by atoms with Crippen molar-refractivity contribution >= 4 is 5.91 Å². The molecule has 12 unspecified atom stereocenters. The fraction of sp³-hybridized carbons (Fsp3) is 0.885. The summed E-state index contributed by atoms with van der Waals surface area (Å²) in [5.41, 5.74) is 0. The van der Waals surface area contributed by atoms with Gasteiger partial charge in [-0.1, -0.05) is 332 Å². The number of aliphatic hydroxyl groups excluding tert-OH is 8. The molecule has 2 aliphatic rings. The lowest BCUT2D eigenvalue weighted by molar-refractivity contribution is -0.359. The lowest BCUT2D eigenvalue weighted by Crippen LogP contribution is -2.65. The molecule has 92 heavy (non-hydrogen) atoms. The third-order valence-corrected chi connectivity index (χ3v) is 19.0. The van der Waals surface area contributed by atoms with E-state index in [-0.39, 0.29) is 18.9 Å². The molecule has 9 N–H and O–H groups in total. The van der Waals surface area contributed by atoms with Crippen LogP contribution < -0.4 is 5.32 Å². The Bertz CT molecular complexity index is 1730. The number of carbonyl (C=O) groups is 1. The monoisotopic (exact) mass is 1300 g/mol. The quantitative estimate of drug-likeness (QED) is 0.0204. The van der Waals surface area contributed by atoms with Gasteiger partial charge in [-0.05, 0) is 57.8 Å². The first kappa shape index (κ1) is 86.0. The third-order valence-electron chi connectivity index (χ3n) is 19.0. The summed E-state index contributed by atoms with van der Waals surface area (Å²) in [7, 11) is 0. The van der Waals surface area contributed by atoms with E-state index in [1.165, 1.54) is 270 Å². The van der Waals surface area contributed by atoms with Crippen molar-refractivity contribution in [3.63, 3.8) is 0 Å². The number of allylic oxidation sites excluding steroid dienone is 7. The summed E-state index contributed by atoms with van der Waals surface area (Å²) < 4.78 is 22.9. The Morgan fingerprint density at radius 3 is 1.10 bits per heavy atom. The summed E-state index contributed by atoms with van der Waals surface area (Å²) in [4.78, 5) is 13.4. The fourth-order valence-electron chi connectivity index (χ4n) is 12.8. The number of hydrogen-bond acceptors (Lipinski definition) is 13. The molecular formula is C78H145NO13. The summed E-state index contributed by atoms with van der Waals surface area (Å²) in [6, 6.07) is -0.914. The highest BCUT2D eigenvalue weighted by Crippen LogP contribution is 2.30. The van der Waals surface area contributed by atoms with E-state index in [0.29, 0.717) is 6.42 Å². The molecule has 0 aromatic carbocycles. The van der Waals surface area contributed by atoms with E-state index < -0.39 is 86.8 Å². The molecule has 2 rings (SSSR count). The van der Waals surface area contributed by atoms with Crippen LogP contribution in [0.3, 0.4) is 0 Å². The molecule has 0 aromatic heterocycles. The molecule has 2 heterocycles. The van der Waals surface area contributed by atoms with Gasteiger partial charge in [0, 0.05) is 6.42 Å². The SMILES string of the molecule is CCCCCCC/C=C\C/C=C\C/C=C\CCCCCCCCCCCCCCCCCCCCCCCCCCC(=O)NC(COC1OC(CO)C(OC2OC(CO)C(O)C(O)C2O)C(O)C1O)C(O)/C=C/CCCCCCCCCCCCCCCCCCC. The Labute approximate surface area is 563 Å². The molecule has 2 saturated heterocycles. The van der Waals surface area contributed by atoms with E-state index in [2.05, 4.69) is 55.6 Å². The first-order valence-corrected chi connectivity index (χ1v) is 38.9. The number of carbonyl (C=O) groups excluding carboxylic acids is 1. The van der Waals surface area contributed by atoms with Gasteiger partial charge >= 0.3 is 0 Å². The maximum absolute atomic E-state index is 13.4. The second kappa shape index (κ2) is 62.5. The second-order valence-electron chi connectivity index (χ2n) is 27.5. The zero-order valence-electron chi connectivity index (χ0n) is 59.1. The minimum atomic E-state index is -1.79. The molecule has 14 heteroatoms. The lowest BCUT2D eigenvalue weighted by atomic mass is 9.97. The summed E-state index contributed by atoms with van der Waals surface area (Å²) in [6.07, 6.45) is 66.2. The Morgan fingerprint density at radius 1 is 0.391 bits per heavy atom. The molecule has 0 saturated carbocycles. The standard InChI is InChI=1S/C78H145NO13/c1-3-5-7-9-11-13-15-17-19-21-23-24-25-26-27-28-29-30-31-32-33-34-35-36-37-38-39-40-41-42-44-46-48-50-52-54-56-58-60-62-70(83)79-66(67(82)61-59-57-55-53-51-49-47-45-43-22-20-18-16-14-12-10-8-6-4-2)65-89-77-75(88)73(86)76(69(64-81)91-77)92-78-74(87)72(85)71(84)68(63-80)90-78/h15,17,21,23,25-26,59,61,66-69,71-78,80-82,84-88H,3-14,16,18-20,22,24,27-58,60,62-65H2,1-2H3,(H,79,83)/b17-15-,23-21-,26-25-,61-59+. The molecule has 14 nitrogen and oxygen atoms in total. The van der Waals surface area contributed by atoms with Gasteiger partial charge in [-0.2, -0.15) is 0 Å². The van der Waals surface area contributed by atoms with E-state index in [1.54, 1.807) is 6.08 Å². The van der Waals surface area contributed by atoms with Crippen molar-refractivity contribution in [2.75, 3.05) is 19.8 Å². The normalized spacial score (nSPS) is 22.9. The molecule has 540 valence electrons. The van der Waals surface area contributed by atoms with Gasteiger partial charge in [0.15, 0.2) is 12.6 Å². The highest BCUT2D eigenvalue weighted by molar-refractivity contribution is 5.76. The van der Waals surface area contributed by atoms with Crippen LogP contribution in [-0.4, -0.2) is 140 Å². The zero-order valence-corrected chi connectivity index (χ0v) is 59.1. The molecule has 2 fully saturated rings. The predicted molar refractivity (Wildman–Crippen MR) is 378 cm³/mol. The number of amides is 1. The number of ether oxygens (including phenoxy) is 4. The van der Waals surface area contributed by atoms with Gasteiger partial charge < -0.3 is 65.1 Å². The van der Waals surface area contributed by atoms with Crippen LogP contribution in [-0.2, 0) is 23.7 Å². The van der Waals surface area contributed by atoms with Crippen molar-refractivity contribution in [3.05, 3.63) is 48.6 Å². The van der Waals surface area contributed by atoms with Crippen molar-refractivity contribution in [3.8, 4) is 0 Å². The minimum Gasteiger partial charge on any atom is -0.394 e. The van der Waals surface area contributed by atoms with Crippen LogP contribution in [0.5, 0.6) is 0 Å². The molecule has 12 atom stereocenters. The van der Waals surface area contributed by atoms with Crippen LogP contribution in [0.4, 0.5) is 0 Å². The molecule has 1 amide bonds. The number of rotatable bonds is 65. The van der Waals surface area contributed by atoms with E-state index in [0.717, 1.165) is 51.4 Å². The minimum absolute atomic E-state index is 0.233. The van der Waals surface area contributed by atoms with Gasteiger partial charge in [0.25, 0.3) is 0 Å². The highest BCUT2D eigenvalue weighted by atomic mass is 16.7.